The van der Waals surface area contributed by atoms with Gasteiger partial charge in [0, 0.05) is 21.7 Å². The quantitative estimate of drug-likeness (QED) is 0.355. The summed E-state index contributed by atoms with van der Waals surface area (Å²) in [4.78, 5) is 0. The summed E-state index contributed by atoms with van der Waals surface area (Å²) in [6, 6.07) is 0. The van der Waals surface area contributed by atoms with Gasteiger partial charge in [0.2, 0.25) is 0 Å². The van der Waals surface area contributed by atoms with Crippen molar-refractivity contribution in [3.05, 3.63) is 0 Å². The Bertz CT molecular complexity index is 6.49. The van der Waals surface area contributed by atoms with E-state index in [0.29, 0.717) is 0 Å². The highest BCUT2D eigenvalue weighted by atomic mass is 36.5. The molecule has 0 amide bonds. The van der Waals surface area contributed by atoms with Gasteiger partial charge in [-0.15, -0.1) is 0 Å². The molecule has 8 heavy (non-hydrogen) atoms. The van der Waals surface area contributed by atoms with Crippen LogP contribution >= 0.6 is 21.7 Å². The smallest absolute Gasteiger partial charge is 0 e. The number of hydrogen-bond donors (Lipinski definition) is 0. The van der Waals surface area contributed by atoms with E-state index < -0.39 is 0 Å². The molecule has 0 aromatic rings. The second-order valence-electron chi connectivity index (χ2n) is 0. The zero-order chi connectivity index (χ0) is 2.00. The normalized spacial score (nSPS) is 0.750. The van der Waals surface area contributed by atoms with Crippen molar-refractivity contribution in [1.82, 2.24) is 0 Å². The number of rotatable bonds is 0. The lowest BCUT2D eigenvalue weighted by Crippen LogP contribution is -0.311. The van der Waals surface area contributed by atoms with E-state index in [4.69, 9.17) is 0 Å². The molecule has 6 nitrogen and oxygen atoms in total. The highest BCUT2D eigenvalue weighted by Gasteiger charge is 1.00. The molecule has 0 aromatic heterocycles. The van der Waals surface area contributed by atoms with Crippen LogP contribution in [0.1, 0.15) is 0 Å². The molecule has 0 saturated heterocycles. The van der Waals surface area contributed by atoms with Crippen molar-refractivity contribution in [3.63, 3.8) is 0 Å². The summed E-state index contributed by atoms with van der Waals surface area (Å²) in [5, 5.41) is 0. The fraction of sp³-hybridized carbons (Fsp3) is 0. The minimum absolute atomic E-state index is 0. The van der Waals surface area contributed by atoms with E-state index in [-0.39, 0.29) is 32.9 Å². The summed E-state index contributed by atoms with van der Waals surface area (Å²) in [5.41, 5.74) is 0. The van der Waals surface area contributed by atoms with E-state index in [1.54, 1.807) is 0 Å². The Balaban J connectivity index is -0.000000000333. The van der Waals surface area contributed by atoms with Gasteiger partial charge in [-0.1, -0.05) is 0 Å². The summed E-state index contributed by atoms with van der Waals surface area (Å²) in [6.45, 7) is 0. The summed E-state index contributed by atoms with van der Waals surface area (Å²) in [6.07, 6.45) is 0. The molecule has 0 fully saturated rings. The lowest BCUT2D eigenvalue weighted by molar-refractivity contribution is 0.823. The van der Waals surface area contributed by atoms with Crippen molar-refractivity contribution in [2.45, 2.75) is 0 Å². The van der Waals surface area contributed by atoms with Crippen molar-refractivity contribution in [2.75, 3.05) is 0 Å². The lowest BCUT2D eigenvalue weighted by Gasteiger charge is -1.000. The topological polar surface area (TPSA) is 189 Å². The minimum Gasteiger partial charge on any atom is -0.412 e. The molecule has 0 aliphatic rings. The third-order valence-corrected chi connectivity index (χ3v) is 0. The maximum Gasteiger partial charge on any atom is 0 e. The van der Waals surface area contributed by atoms with Crippen LogP contribution in [0.3, 0.4) is 0 Å². The molecule has 62 valence electrons. The van der Waals surface area contributed by atoms with Crippen LogP contribution in [0.15, 0.2) is 0 Å². The predicted octanol–water partition coefficient (Wildman–Crippen LogP) is -3.57. The third kappa shape index (κ3) is 1560. The van der Waals surface area contributed by atoms with Crippen molar-refractivity contribution < 1.29 is 32.9 Å². The fourth-order valence-corrected chi connectivity index (χ4v) is 0. The van der Waals surface area contributed by atoms with Gasteiger partial charge in [-0.25, -0.2) is 0 Å². The monoisotopic (exact) mass is 178 g/mol. The molecule has 0 aromatic carbocycles. The molecule has 0 heterocycles. The molecule has 0 aliphatic heterocycles. The summed E-state index contributed by atoms with van der Waals surface area (Å²) in [5.74, 6) is 0. The molecule has 0 spiro atoms. The van der Waals surface area contributed by atoms with Crippen LogP contribution in [0, 0.1) is 0 Å². The van der Waals surface area contributed by atoms with Crippen LogP contribution in [-0.4, -0.2) is 32.9 Å². The van der Waals surface area contributed by atoms with Crippen LogP contribution in [0.4, 0.5) is 0 Å². The molecule has 0 saturated carbocycles. The second-order valence-corrected chi connectivity index (χ2v) is 0. The summed E-state index contributed by atoms with van der Waals surface area (Å²) < 4.78 is 0. The SMILES string of the molecule is ClCl.O.O.O.O.O.O. The molecule has 8 heteroatoms. The molecule has 0 bridgehead atoms. The standard InChI is InChI=1S/Cl2.6H2O/c1-2;;;;;;/h;6*1H2. The van der Waals surface area contributed by atoms with Crippen LogP contribution in [0.2, 0.25) is 0 Å². The Labute approximate surface area is 55.5 Å². The predicted molar refractivity (Wildman–Crippen MR) is 33.4 cm³/mol. The first-order valence-corrected chi connectivity index (χ1v) is 1.29. The van der Waals surface area contributed by atoms with Gasteiger partial charge in [-0.2, -0.15) is 0 Å². The highest BCUT2D eigenvalue weighted by Crippen LogP contribution is 1.69. The van der Waals surface area contributed by atoms with Crippen LogP contribution in [0.5, 0.6) is 0 Å². The zero-order valence-corrected chi connectivity index (χ0v) is 5.27. The first-order chi connectivity index (χ1) is 1.00. The van der Waals surface area contributed by atoms with E-state index in [2.05, 4.69) is 21.7 Å². The summed E-state index contributed by atoms with van der Waals surface area (Å²) in [7, 11) is 8.22. The Hall–Kier alpha value is 0.340. The molecular formula is H12Cl2O6. The van der Waals surface area contributed by atoms with Gasteiger partial charge in [-0.05, 0) is 0 Å². The number of halogens is 2. The first-order valence-electron chi connectivity index (χ1n) is 0.143. The largest absolute Gasteiger partial charge is 0.412 e. The van der Waals surface area contributed by atoms with Gasteiger partial charge in [0.25, 0.3) is 0 Å². The Morgan fingerprint density at radius 3 is 0.375 bits per heavy atom. The molecule has 0 atom stereocenters. The maximum absolute atomic E-state index is 4.11. The summed E-state index contributed by atoms with van der Waals surface area (Å²) >= 11 is 0. The Morgan fingerprint density at radius 1 is 0.375 bits per heavy atom. The first kappa shape index (κ1) is 250. The van der Waals surface area contributed by atoms with Crippen LogP contribution in [0.25, 0.3) is 0 Å². The average molecular weight is 179 g/mol. The van der Waals surface area contributed by atoms with E-state index >= 15 is 0 Å². The van der Waals surface area contributed by atoms with Crippen LogP contribution < -0.4 is 0 Å². The average Bonchev–Trinajstić information content (AvgIpc) is 1.00. The maximum atomic E-state index is 4.11. The Kier molecular flexibility index (Phi) is 79800. The van der Waals surface area contributed by atoms with Crippen molar-refractivity contribution in [1.29, 1.82) is 0 Å². The molecule has 0 rings (SSSR count). The van der Waals surface area contributed by atoms with E-state index in [1.807, 2.05) is 0 Å². The minimum atomic E-state index is 0. The van der Waals surface area contributed by atoms with Gasteiger partial charge in [-0.3, -0.25) is 0 Å². The van der Waals surface area contributed by atoms with Gasteiger partial charge in [0.05, 0.1) is 0 Å². The Morgan fingerprint density at radius 2 is 0.375 bits per heavy atom. The third-order valence-electron chi connectivity index (χ3n) is 0. The van der Waals surface area contributed by atoms with E-state index in [1.165, 1.54) is 0 Å². The van der Waals surface area contributed by atoms with Crippen molar-refractivity contribution in [2.24, 2.45) is 0 Å². The second kappa shape index (κ2) is 2550. The highest BCUT2D eigenvalue weighted by molar-refractivity contribution is 6.85. The molecule has 12 N–H and O–H groups in total. The molecule has 0 aliphatic carbocycles. The molecule has 0 unspecified atom stereocenters. The number of hydrogen-bond acceptors (Lipinski definition) is 0. The molecule has 0 radical (unpaired) electrons. The lowest BCUT2D eigenvalue weighted by atomic mass is 16.0. The fourth-order valence-electron chi connectivity index (χ4n) is 0. The zero-order valence-electron chi connectivity index (χ0n) is 3.76. The van der Waals surface area contributed by atoms with Crippen molar-refractivity contribution >= 4 is 21.7 Å². The van der Waals surface area contributed by atoms with E-state index in [9.17, 15) is 0 Å². The van der Waals surface area contributed by atoms with Crippen molar-refractivity contribution in [3.8, 4) is 0 Å². The molecular weight excluding hydrogens is 167 g/mol. The van der Waals surface area contributed by atoms with Gasteiger partial charge in [0.1, 0.15) is 0 Å². The van der Waals surface area contributed by atoms with Crippen LogP contribution in [-0.2, 0) is 0 Å². The van der Waals surface area contributed by atoms with Gasteiger partial charge >= 0.3 is 0 Å². The van der Waals surface area contributed by atoms with Gasteiger partial charge in [0.15, 0.2) is 0 Å². The van der Waals surface area contributed by atoms with Gasteiger partial charge < -0.3 is 32.9 Å². The van der Waals surface area contributed by atoms with E-state index in [0.717, 1.165) is 0 Å².